The molecule has 1 rings (SSSR count). The number of hydrogen-bond donors (Lipinski definition) is 2. The first-order valence-electron chi connectivity index (χ1n) is 5.98. The minimum atomic E-state index is -0.650. The molecule has 1 aromatic rings. The van der Waals surface area contributed by atoms with E-state index in [1.165, 1.54) is 0 Å². The molecule has 0 bridgehead atoms. The Kier molecular flexibility index (Phi) is 6.52. The second-order valence-corrected chi connectivity index (χ2v) is 5.29. The number of carbonyl (C=O) groups is 2. The maximum atomic E-state index is 11.6. The van der Waals surface area contributed by atoms with Gasteiger partial charge in [-0.15, -0.1) is 0 Å². The Labute approximate surface area is 121 Å². The van der Waals surface area contributed by atoms with E-state index >= 15 is 0 Å². The van der Waals surface area contributed by atoms with E-state index in [1.807, 2.05) is 25.1 Å². The largest absolute Gasteiger partial charge is 0.348 e. The van der Waals surface area contributed by atoms with Crippen LogP contribution in [0.3, 0.4) is 0 Å². The number of rotatable bonds is 5. The number of anilines is 1. The maximum Gasteiger partial charge on any atom is 0.313 e. The summed E-state index contributed by atoms with van der Waals surface area (Å²) < 4.78 is 0.844. The maximum absolute atomic E-state index is 11.6. The SMILES string of the molecule is CN(C)CCCNC(=O)C(=O)Nc1cccc(Br)c1. The van der Waals surface area contributed by atoms with Gasteiger partial charge in [0.1, 0.15) is 0 Å². The molecule has 19 heavy (non-hydrogen) atoms. The summed E-state index contributed by atoms with van der Waals surface area (Å²) in [6, 6.07) is 7.09. The van der Waals surface area contributed by atoms with E-state index in [2.05, 4.69) is 26.6 Å². The van der Waals surface area contributed by atoms with Crippen LogP contribution in [0.4, 0.5) is 5.69 Å². The van der Waals surface area contributed by atoms with Gasteiger partial charge < -0.3 is 15.5 Å². The van der Waals surface area contributed by atoms with Gasteiger partial charge in [-0.3, -0.25) is 9.59 Å². The Bertz CT molecular complexity index is 449. The van der Waals surface area contributed by atoms with Gasteiger partial charge in [-0.05, 0) is 45.3 Å². The Morgan fingerprint density at radius 2 is 2.00 bits per heavy atom. The van der Waals surface area contributed by atoms with Crippen LogP contribution < -0.4 is 10.6 Å². The van der Waals surface area contributed by atoms with Crippen molar-refractivity contribution in [1.82, 2.24) is 10.2 Å². The topological polar surface area (TPSA) is 61.4 Å². The molecule has 5 nitrogen and oxygen atoms in total. The minimum absolute atomic E-state index is 0.489. The molecular weight excluding hydrogens is 310 g/mol. The molecule has 104 valence electrons. The molecule has 0 spiro atoms. The van der Waals surface area contributed by atoms with Crippen molar-refractivity contribution in [2.45, 2.75) is 6.42 Å². The van der Waals surface area contributed by atoms with Crippen molar-refractivity contribution in [2.24, 2.45) is 0 Å². The van der Waals surface area contributed by atoms with Crippen molar-refractivity contribution in [1.29, 1.82) is 0 Å². The third-order valence-electron chi connectivity index (χ3n) is 2.36. The zero-order valence-corrected chi connectivity index (χ0v) is 12.7. The summed E-state index contributed by atoms with van der Waals surface area (Å²) in [7, 11) is 3.92. The summed E-state index contributed by atoms with van der Waals surface area (Å²) >= 11 is 3.30. The fourth-order valence-corrected chi connectivity index (χ4v) is 1.83. The van der Waals surface area contributed by atoms with Gasteiger partial charge in [-0.25, -0.2) is 0 Å². The molecule has 0 saturated heterocycles. The predicted molar refractivity (Wildman–Crippen MR) is 79.0 cm³/mol. The summed E-state index contributed by atoms with van der Waals surface area (Å²) in [6.07, 6.45) is 0.808. The summed E-state index contributed by atoms with van der Waals surface area (Å²) in [4.78, 5) is 25.2. The van der Waals surface area contributed by atoms with Crippen LogP contribution in [0.2, 0.25) is 0 Å². The molecule has 0 fully saturated rings. The van der Waals surface area contributed by atoms with E-state index in [9.17, 15) is 9.59 Å². The summed E-state index contributed by atoms with van der Waals surface area (Å²) in [5, 5.41) is 5.12. The Hall–Kier alpha value is -1.40. The van der Waals surface area contributed by atoms with E-state index in [1.54, 1.807) is 18.2 Å². The number of nitrogens with zero attached hydrogens (tertiary/aromatic N) is 1. The van der Waals surface area contributed by atoms with Crippen LogP contribution in [-0.2, 0) is 9.59 Å². The zero-order chi connectivity index (χ0) is 14.3. The second-order valence-electron chi connectivity index (χ2n) is 4.38. The molecule has 0 aliphatic heterocycles. The Morgan fingerprint density at radius 1 is 1.26 bits per heavy atom. The van der Waals surface area contributed by atoms with Crippen molar-refractivity contribution in [3.63, 3.8) is 0 Å². The third kappa shape index (κ3) is 6.35. The highest BCUT2D eigenvalue weighted by Gasteiger charge is 2.12. The zero-order valence-electron chi connectivity index (χ0n) is 11.1. The van der Waals surface area contributed by atoms with Gasteiger partial charge in [0.25, 0.3) is 0 Å². The van der Waals surface area contributed by atoms with Crippen molar-refractivity contribution >= 4 is 33.4 Å². The first-order chi connectivity index (χ1) is 8.99. The van der Waals surface area contributed by atoms with Crippen molar-refractivity contribution in [3.8, 4) is 0 Å². The quantitative estimate of drug-likeness (QED) is 0.635. The summed E-state index contributed by atoms with van der Waals surface area (Å²) in [6.45, 7) is 1.36. The number of amides is 2. The fraction of sp³-hybridized carbons (Fsp3) is 0.385. The van der Waals surface area contributed by atoms with Crippen LogP contribution in [0.5, 0.6) is 0 Å². The number of halogens is 1. The smallest absolute Gasteiger partial charge is 0.313 e. The summed E-state index contributed by atoms with van der Waals surface area (Å²) in [5.74, 6) is -1.26. The number of benzene rings is 1. The number of hydrogen-bond acceptors (Lipinski definition) is 3. The third-order valence-corrected chi connectivity index (χ3v) is 2.85. The first kappa shape index (κ1) is 15.7. The van der Waals surface area contributed by atoms with E-state index in [0.717, 1.165) is 17.4 Å². The van der Waals surface area contributed by atoms with Crippen LogP contribution in [-0.4, -0.2) is 43.9 Å². The lowest BCUT2D eigenvalue weighted by molar-refractivity contribution is -0.136. The molecular formula is C13H18BrN3O2. The average Bonchev–Trinajstić information content (AvgIpc) is 2.34. The van der Waals surface area contributed by atoms with Crippen molar-refractivity contribution in [2.75, 3.05) is 32.5 Å². The van der Waals surface area contributed by atoms with Crippen LogP contribution in [0, 0.1) is 0 Å². The van der Waals surface area contributed by atoms with Gasteiger partial charge in [0, 0.05) is 16.7 Å². The highest BCUT2D eigenvalue weighted by Crippen LogP contribution is 2.15. The Morgan fingerprint density at radius 3 is 2.63 bits per heavy atom. The number of nitrogens with one attached hydrogen (secondary N) is 2. The molecule has 0 saturated carbocycles. The van der Waals surface area contributed by atoms with E-state index in [-0.39, 0.29) is 0 Å². The summed E-state index contributed by atoms with van der Waals surface area (Å²) in [5.41, 5.74) is 0.586. The van der Waals surface area contributed by atoms with Gasteiger partial charge in [0.05, 0.1) is 0 Å². The minimum Gasteiger partial charge on any atom is -0.348 e. The molecule has 2 amide bonds. The molecule has 6 heteroatoms. The molecule has 0 aliphatic rings. The highest BCUT2D eigenvalue weighted by atomic mass is 79.9. The monoisotopic (exact) mass is 327 g/mol. The second kappa shape index (κ2) is 7.91. The molecule has 1 aromatic carbocycles. The van der Waals surface area contributed by atoms with E-state index in [4.69, 9.17) is 0 Å². The average molecular weight is 328 g/mol. The Balaban J connectivity index is 2.35. The van der Waals surface area contributed by atoms with Gasteiger partial charge in [0.15, 0.2) is 0 Å². The standard InChI is InChI=1S/C13H18BrN3O2/c1-17(2)8-4-7-15-12(18)13(19)16-11-6-3-5-10(14)9-11/h3,5-6,9H,4,7-8H2,1-2H3,(H,15,18)(H,16,19). The molecule has 0 atom stereocenters. The van der Waals surface area contributed by atoms with Gasteiger partial charge >= 0.3 is 11.8 Å². The molecule has 0 unspecified atom stereocenters. The molecule has 2 N–H and O–H groups in total. The van der Waals surface area contributed by atoms with Crippen molar-refractivity contribution < 1.29 is 9.59 Å². The van der Waals surface area contributed by atoms with Crippen molar-refractivity contribution in [3.05, 3.63) is 28.7 Å². The fourth-order valence-electron chi connectivity index (χ4n) is 1.43. The van der Waals surface area contributed by atoms with E-state index < -0.39 is 11.8 Å². The highest BCUT2D eigenvalue weighted by molar-refractivity contribution is 9.10. The van der Waals surface area contributed by atoms with E-state index in [0.29, 0.717) is 12.2 Å². The van der Waals surface area contributed by atoms with Gasteiger partial charge in [-0.1, -0.05) is 22.0 Å². The molecule has 0 aliphatic carbocycles. The lowest BCUT2D eigenvalue weighted by Gasteiger charge is -2.10. The van der Waals surface area contributed by atoms with Gasteiger partial charge in [-0.2, -0.15) is 0 Å². The predicted octanol–water partition coefficient (Wildman–Crippen LogP) is 1.46. The molecule has 0 heterocycles. The first-order valence-corrected chi connectivity index (χ1v) is 6.78. The van der Waals surface area contributed by atoms with Crippen LogP contribution in [0.15, 0.2) is 28.7 Å². The lowest BCUT2D eigenvalue weighted by atomic mass is 10.3. The molecule has 0 radical (unpaired) electrons. The van der Waals surface area contributed by atoms with Gasteiger partial charge in [0.2, 0.25) is 0 Å². The lowest BCUT2D eigenvalue weighted by Crippen LogP contribution is -2.36. The van der Waals surface area contributed by atoms with Crippen LogP contribution >= 0.6 is 15.9 Å². The number of carbonyl (C=O) groups excluding carboxylic acids is 2. The van der Waals surface area contributed by atoms with Crippen LogP contribution in [0.1, 0.15) is 6.42 Å². The normalized spacial score (nSPS) is 10.3. The molecule has 0 aromatic heterocycles. The van der Waals surface area contributed by atoms with Crippen LogP contribution in [0.25, 0.3) is 0 Å².